The second-order valence-electron chi connectivity index (χ2n) is 6.88. The molecule has 27 heavy (non-hydrogen) atoms. The van der Waals surface area contributed by atoms with Crippen LogP contribution in [-0.2, 0) is 0 Å². The molecule has 0 spiro atoms. The van der Waals surface area contributed by atoms with E-state index in [1.807, 2.05) is 0 Å². The van der Waals surface area contributed by atoms with Crippen LogP contribution in [0.4, 0.5) is 22.1 Å². The molecule has 0 atom stereocenters. The number of ether oxygens (including phenoxy) is 2. The molecular weight excluding hydrogens is 346 g/mol. The van der Waals surface area contributed by atoms with E-state index in [0.29, 0.717) is 42.0 Å². The van der Waals surface area contributed by atoms with E-state index in [2.05, 4.69) is 32.4 Å². The molecule has 2 aromatic rings. The normalized spacial score (nSPS) is 16.7. The number of anilines is 3. The highest BCUT2D eigenvalue weighted by Crippen LogP contribution is 2.32. The van der Waals surface area contributed by atoms with E-state index in [-0.39, 0.29) is 6.03 Å². The lowest BCUT2D eigenvalue weighted by Gasteiger charge is -2.30. The van der Waals surface area contributed by atoms with Gasteiger partial charge in [-0.05, 0) is 30.9 Å². The number of aromatic nitrogens is 2. The molecule has 2 aliphatic rings. The highest BCUT2D eigenvalue weighted by molar-refractivity contribution is 5.99. The summed E-state index contributed by atoms with van der Waals surface area (Å²) < 4.78 is 11.0. The average molecular weight is 369 g/mol. The van der Waals surface area contributed by atoms with Crippen LogP contribution in [0.3, 0.4) is 0 Å². The van der Waals surface area contributed by atoms with Gasteiger partial charge in [0.15, 0.2) is 11.5 Å². The summed E-state index contributed by atoms with van der Waals surface area (Å²) in [7, 11) is 0. The Morgan fingerprint density at radius 1 is 1.04 bits per heavy atom. The van der Waals surface area contributed by atoms with Gasteiger partial charge in [-0.2, -0.15) is 0 Å². The second kappa shape index (κ2) is 7.69. The Kier molecular flexibility index (Phi) is 4.95. The summed E-state index contributed by atoms with van der Waals surface area (Å²) in [6, 6.07) is 4.92. The number of nitrogens with one attached hydrogen (secondary N) is 2. The maximum absolute atomic E-state index is 12.2. The Hall–Kier alpha value is -3.03. The van der Waals surface area contributed by atoms with Gasteiger partial charge >= 0.3 is 6.03 Å². The van der Waals surface area contributed by atoms with Gasteiger partial charge in [-0.3, -0.25) is 0 Å². The van der Waals surface area contributed by atoms with Crippen LogP contribution in [0.2, 0.25) is 0 Å². The first-order valence-electron chi connectivity index (χ1n) is 9.22. The van der Waals surface area contributed by atoms with Crippen molar-refractivity contribution in [1.82, 2.24) is 9.97 Å². The number of benzene rings is 1. The summed E-state index contributed by atoms with van der Waals surface area (Å²) >= 11 is 0. The van der Waals surface area contributed by atoms with Gasteiger partial charge in [-0.25, -0.2) is 14.8 Å². The first-order valence-corrected chi connectivity index (χ1v) is 9.22. The number of carbonyl (C=O) groups is 1. The van der Waals surface area contributed by atoms with Crippen molar-refractivity contribution in [3.05, 3.63) is 30.6 Å². The number of nitrogens with zero attached hydrogens (tertiary/aromatic N) is 3. The number of carbonyl (C=O) groups excluding carboxylic acids is 1. The SMILES string of the molecule is CC1CCN(c2ncc(NC(=O)Nc3ccc4c(c3)OCCO4)cn2)CC1. The number of rotatable bonds is 3. The molecule has 0 unspecified atom stereocenters. The maximum Gasteiger partial charge on any atom is 0.323 e. The fourth-order valence-corrected chi connectivity index (χ4v) is 3.17. The summed E-state index contributed by atoms with van der Waals surface area (Å²) in [6.07, 6.45) is 5.57. The Morgan fingerprint density at radius 3 is 2.44 bits per heavy atom. The summed E-state index contributed by atoms with van der Waals surface area (Å²) in [5.41, 5.74) is 1.16. The number of amides is 2. The van der Waals surface area contributed by atoms with Crippen molar-refractivity contribution in [1.29, 1.82) is 0 Å². The molecule has 0 radical (unpaired) electrons. The van der Waals surface area contributed by atoms with E-state index in [1.54, 1.807) is 30.6 Å². The zero-order valence-corrected chi connectivity index (χ0v) is 15.3. The van der Waals surface area contributed by atoms with Gasteiger partial charge in [0.1, 0.15) is 13.2 Å². The molecule has 0 saturated carbocycles. The number of urea groups is 1. The van der Waals surface area contributed by atoms with Crippen LogP contribution in [0.25, 0.3) is 0 Å². The van der Waals surface area contributed by atoms with E-state index in [4.69, 9.17) is 9.47 Å². The molecule has 2 aliphatic heterocycles. The minimum atomic E-state index is -0.366. The number of piperidine rings is 1. The summed E-state index contributed by atoms with van der Waals surface area (Å²) in [5.74, 6) is 2.78. The van der Waals surface area contributed by atoms with Crippen molar-refractivity contribution >= 4 is 23.4 Å². The van der Waals surface area contributed by atoms with Gasteiger partial charge in [0.25, 0.3) is 0 Å². The molecule has 2 amide bonds. The Balaban J connectivity index is 1.34. The molecule has 142 valence electrons. The van der Waals surface area contributed by atoms with Crippen LogP contribution in [0.15, 0.2) is 30.6 Å². The molecule has 1 aromatic heterocycles. The predicted molar refractivity (Wildman–Crippen MR) is 103 cm³/mol. The van der Waals surface area contributed by atoms with E-state index >= 15 is 0 Å². The molecule has 2 N–H and O–H groups in total. The lowest BCUT2D eigenvalue weighted by atomic mass is 10.00. The van der Waals surface area contributed by atoms with E-state index in [1.165, 1.54) is 0 Å². The standard InChI is InChI=1S/C19H23N5O3/c1-13-4-6-24(7-5-13)18-20-11-15(12-21-18)23-19(25)22-14-2-3-16-17(10-14)27-9-8-26-16/h2-3,10-13H,4-9H2,1H3,(H2,22,23,25). The van der Waals surface area contributed by atoms with Crippen molar-refractivity contribution in [2.24, 2.45) is 5.92 Å². The Labute approximate surface area is 157 Å². The van der Waals surface area contributed by atoms with Gasteiger partial charge in [0, 0.05) is 24.8 Å². The summed E-state index contributed by atoms with van der Waals surface area (Å²) in [5, 5.41) is 5.51. The lowest BCUT2D eigenvalue weighted by molar-refractivity contribution is 0.171. The highest BCUT2D eigenvalue weighted by Gasteiger charge is 2.18. The molecule has 8 heteroatoms. The number of fused-ring (bicyclic) bond motifs is 1. The van der Waals surface area contributed by atoms with Gasteiger partial charge in [-0.1, -0.05) is 6.92 Å². The van der Waals surface area contributed by atoms with Crippen LogP contribution < -0.4 is 25.0 Å². The summed E-state index contributed by atoms with van der Waals surface area (Å²) in [6.45, 7) is 5.25. The van der Waals surface area contributed by atoms with Gasteiger partial charge in [-0.15, -0.1) is 0 Å². The molecular formula is C19H23N5O3. The minimum Gasteiger partial charge on any atom is -0.486 e. The van der Waals surface area contributed by atoms with Gasteiger partial charge in [0.2, 0.25) is 5.95 Å². The minimum absolute atomic E-state index is 0.366. The van der Waals surface area contributed by atoms with E-state index in [0.717, 1.165) is 31.8 Å². The van der Waals surface area contributed by atoms with Crippen molar-refractivity contribution < 1.29 is 14.3 Å². The predicted octanol–water partition coefficient (Wildman–Crippen LogP) is 3.13. The highest BCUT2D eigenvalue weighted by atomic mass is 16.6. The van der Waals surface area contributed by atoms with Crippen molar-refractivity contribution in [2.45, 2.75) is 19.8 Å². The van der Waals surface area contributed by atoms with Crippen molar-refractivity contribution in [3.8, 4) is 11.5 Å². The molecule has 4 rings (SSSR count). The summed E-state index contributed by atoms with van der Waals surface area (Å²) in [4.78, 5) is 23.2. The molecule has 1 fully saturated rings. The number of hydrogen-bond donors (Lipinski definition) is 2. The van der Waals surface area contributed by atoms with Crippen LogP contribution in [-0.4, -0.2) is 42.3 Å². The maximum atomic E-state index is 12.2. The van der Waals surface area contributed by atoms with Crippen LogP contribution in [0.5, 0.6) is 11.5 Å². The Morgan fingerprint density at radius 2 is 1.70 bits per heavy atom. The van der Waals surface area contributed by atoms with Crippen LogP contribution in [0, 0.1) is 5.92 Å². The zero-order valence-electron chi connectivity index (χ0n) is 15.3. The lowest BCUT2D eigenvalue weighted by Crippen LogP contribution is -2.34. The zero-order chi connectivity index (χ0) is 18.6. The van der Waals surface area contributed by atoms with Crippen molar-refractivity contribution in [2.75, 3.05) is 41.8 Å². The average Bonchev–Trinajstić information content (AvgIpc) is 2.69. The molecule has 1 saturated heterocycles. The quantitative estimate of drug-likeness (QED) is 0.864. The largest absolute Gasteiger partial charge is 0.486 e. The third kappa shape index (κ3) is 4.21. The molecule has 3 heterocycles. The fourth-order valence-electron chi connectivity index (χ4n) is 3.17. The van der Waals surface area contributed by atoms with Crippen LogP contribution >= 0.6 is 0 Å². The first kappa shape index (κ1) is 17.4. The fraction of sp³-hybridized carbons (Fsp3) is 0.421. The van der Waals surface area contributed by atoms with Crippen LogP contribution in [0.1, 0.15) is 19.8 Å². The Bertz CT molecular complexity index is 803. The smallest absolute Gasteiger partial charge is 0.323 e. The molecule has 0 bridgehead atoms. The number of hydrogen-bond acceptors (Lipinski definition) is 6. The monoisotopic (exact) mass is 369 g/mol. The molecule has 1 aromatic carbocycles. The molecule has 8 nitrogen and oxygen atoms in total. The second-order valence-corrected chi connectivity index (χ2v) is 6.88. The van der Waals surface area contributed by atoms with Gasteiger partial charge < -0.3 is 25.0 Å². The first-order chi connectivity index (χ1) is 13.2. The van der Waals surface area contributed by atoms with Crippen molar-refractivity contribution in [3.63, 3.8) is 0 Å². The van der Waals surface area contributed by atoms with E-state index < -0.39 is 0 Å². The third-order valence-corrected chi connectivity index (χ3v) is 4.76. The van der Waals surface area contributed by atoms with E-state index in [9.17, 15) is 4.79 Å². The van der Waals surface area contributed by atoms with Gasteiger partial charge in [0.05, 0.1) is 18.1 Å². The molecule has 0 aliphatic carbocycles. The third-order valence-electron chi connectivity index (χ3n) is 4.76. The topological polar surface area (TPSA) is 88.6 Å².